The molecule has 0 saturated carbocycles. The van der Waals surface area contributed by atoms with Gasteiger partial charge in [-0.05, 0) is 64.1 Å². The van der Waals surface area contributed by atoms with Gasteiger partial charge in [-0.3, -0.25) is 14.5 Å². The maximum absolute atomic E-state index is 12.5. The molecule has 0 radical (unpaired) electrons. The van der Waals surface area contributed by atoms with Crippen molar-refractivity contribution in [1.82, 2.24) is 4.90 Å². The van der Waals surface area contributed by atoms with Crippen molar-refractivity contribution in [3.63, 3.8) is 0 Å². The van der Waals surface area contributed by atoms with Crippen LogP contribution in [0.3, 0.4) is 0 Å². The van der Waals surface area contributed by atoms with Gasteiger partial charge in [0, 0.05) is 10.7 Å². The first-order valence-corrected chi connectivity index (χ1v) is 9.68. The van der Waals surface area contributed by atoms with Crippen molar-refractivity contribution in [2.75, 3.05) is 24.2 Å². The third-order valence-electron chi connectivity index (χ3n) is 4.56. The number of nitrogens with one attached hydrogen (secondary N) is 2. The lowest BCUT2D eigenvalue weighted by Gasteiger charge is -2.24. The third kappa shape index (κ3) is 5.71. The number of anilines is 2. The average Bonchev–Trinajstić information content (AvgIpc) is 2.60. The summed E-state index contributed by atoms with van der Waals surface area (Å²) >= 11 is 12.0. The van der Waals surface area contributed by atoms with Crippen molar-refractivity contribution >= 4 is 46.4 Å². The van der Waals surface area contributed by atoms with E-state index in [0.29, 0.717) is 15.7 Å². The molecule has 150 valence electrons. The van der Waals surface area contributed by atoms with Crippen LogP contribution in [0.5, 0.6) is 0 Å². The van der Waals surface area contributed by atoms with Crippen LogP contribution in [0.1, 0.15) is 23.6 Å². The maximum Gasteiger partial charge on any atom is 0.241 e. The summed E-state index contributed by atoms with van der Waals surface area (Å²) in [5, 5.41) is 6.57. The second-order valence-electron chi connectivity index (χ2n) is 7.03. The largest absolute Gasteiger partial charge is 0.324 e. The Kier molecular flexibility index (Phi) is 7.47. The van der Waals surface area contributed by atoms with Gasteiger partial charge in [-0.2, -0.15) is 0 Å². The Labute approximate surface area is 176 Å². The Balaban J connectivity index is 1.99. The van der Waals surface area contributed by atoms with Gasteiger partial charge in [0.25, 0.3) is 0 Å². The molecule has 28 heavy (non-hydrogen) atoms. The molecule has 2 aromatic rings. The lowest BCUT2D eigenvalue weighted by Crippen LogP contribution is -2.43. The Hall–Kier alpha value is -2.08. The fourth-order valence-corrected chi connectivity index (χ4v) is 3.29. The minimum atomic E-state index is -0.541. The molecule has 2 aromatic carbocycles. The van der Waals surface area contributed by atoms with Crippen LogP contribution in [0.25, 0.3) is 0 Å². The molecule has 0 bridgehead atoms. The zero-order valence-corrected chi connectivity index (χ0v) is 18.2. The highest BCUT2D eigenvalue weighted by Crippen LogP contribution is 2.26. The Bertz CT molecular complexity index is 876. The minimum Gasteiger partial charge on any atom is -0.324 e. The van der Waals surface area contributed by atoms with E-state index in [9.17, 15) is 9.59 Å². The van der Waals surface area contributed by atoms with E-state index in [-0.39, 0.29) is 18.4 Å². The van der Waals surface area contributed by atoms with E-state index in [2.05, 4.69) is 10.6 Å². The van der Waals surface area contributed by atoms with Crippen molar-refractivity contribution in [1.29, 1.82) is 0 Å². The molecule has 0 aliphatic carbocycles. The number of aryl methyl sites for hydroxylation is 3. The molecule has 2 amide bonds. The van der Waals surface area contributed by atoms with Gasteiger partial charge in [0.2, 0.25) is 11.8 Å². The fraction of sp³-hybridized carbons (Fsp3) is 0.333. The Morgan fingerprint density at radius 1 is 1.04 bits per heavy atom. The molecule has 7 heteroatoms. The second-order valence-corrected chi connectivity index (χ2v) is 7.87. The molecule has 1 atom stereocenters. The van der Waals surface area contributed by atoms with Crippen molar-refractivity contribution in [3.05, 3.63) is 57.1 Å². The molecule has 0 heterocycles. The topological polar surface area (TPSA) is 61.4 Å². The van der Waals surface area contributed by atoms with Crippen LogP contribution in [0.15, 0.2) is 30.3 Å². The fourth-order valence-electron chi connectivity index (χ4n) is 2.95. The molecular weight excluding hydrogens is 397 g/mol. The number of rotatable bonds is 6. The Morgan fingerprint density at radius 3 is 2.25 bits per heavy atom. The highest BCUT2D eigenvalue weighted by atomic mass is 35.5. The molecule has 5 nitrogen and oxygen atoms in total. The normalized spacial score (nSPS) is 12.0. The van der Waals surface area contributed by atoms with Crippen LogP contribution in [0.4, 0.5) is 11.4 Å². The number of carbonyl (C=O) groups is 2. The van der Waals surface area contributed by atoms with Crippen molar-refractivity contribution in [2.45, 2.75) is 33.7 Å². The standard InChI is InChI=1S/C21H25Cl2N3O2/c1-12-8-13(2)20(14(3)9-12)25-19(27)11-26(5)15(4)21(28)24-18-10-16(22)6-7-17(18)23/h6-10,15H,11H2,1-5H3,(H,24,28)(H,25,27). The number of nitrogens with zero attached hydrogens (tertiary/aromatic N) is 1. The maximum atomic E-state index is 12.5. The predicted molar refractivity (Wildman–Crippen MR) is 116 cm³/mol. The van der Waals surface area contributed by atoms with Gasteiger partial charge in [-0.15, -0.1) is 0 Å². The SMILES string of the molecule is Cc1cc(C)c(NC(=O)CN(C)C(C)C(=O)Nc2cc(Cl)ccc2Cl)c(C)c1. The first kappa shape index (κ1) is 22.2. The summed E-state index contributed by atoms with van der Waals surface area (Å²) in [6.45, 7) is 7.74. The number of hydrogen-bond donors (Lipinski definition) is 2. The molecule has 0 aromatic heterocycles. The molecule has 2 N–H and O–H groups in total. The first-order valence-electron chi connectivity index (χ1n) is 8.92. The van der Waals surface area contributed by atoms with E-state index in [0.717, 1.165) is 22.4 Å². The number of likely N-dealkylation sites (N-methyl/N-ethyl adjacent to an activating group) is 1. The monoisotopic (exact) mass is 421 g/mol. The van der Waals surface area contributed by atoms with Crippen LogP contribution >= 0.6 is 23.2 Å². The van der Waals surface area contributed by atoms with Gasteiger partial charge in [0.05, 0.1) is 23.3 Å². The summed E-state index contributed by atoms with van der Waals surface area (Å²) < 4.78 is 0. The summed E-state index contributed by atoms with van der Waals surface area (Å²) in [5.74, 6) is -0.458. The smallest absolute Gasteiger partial charge is 0.241 e. The predicted octanol–water partition coefficient (Wildman–Crippen LogP) is 4.82. The Morgan fingerprint density at radius 2 is 1.64 bits per heavy atom. The van der Waals surface area contributed by atoms with Gasteiger partial charge >= 0.3 is 0 Å². The molecule has 0 aliphatic rings. The van der Waals surface area contributed by atoms with Crippen LogP contribution in [-0.4, -0.2) is 36.3 Å². The van der Waals surface area contributed by atoms with Crippen LogP contribution < -0.4 is 10.6 Å². The lowest BCUT2D eigenvalue weighted by molar-refractivity contribution is -0.122. The molecule has 0 fully saturated rings. The summed E-state index contributed by atoms with van der Waals surface area (Å²) in [7, 11) is 1.72. The van der Waals surface area contributed by atoms with Crippen LogP contribution in [0, 0.1) is 20.8 Å². The van der Waals surface area contributed by atoms with Crippen molar-refractivity contribution in [2.24, 2.45) is 0 Å². The summed E-state index contributed by atoms with van der Waals surface area (Å²) in [4.78, 5) is 26.7. The summed E-state index contributed by atoms with van der Waals surface area (Å²) in [6, 6.07) is 8.36. The van der Waals surface area contributed by atoms with Gasteiger partial charge in [-0.25, -0.2) is 0 Å². The number of benzene rings is 2. The van der Waals surface area contributed by atoms with Gasteiger partial charge in [-0.1, -0.05) is 40.9 Å². The number of carbonyl (C=O) groups excluding carboxylic acids is 2. The van der Waals surface area contributed by atoms with Crippen LogP contribution in [-0.2, 0) is 9.59 Å². The lowest BCUT2D eigenvalue weighted by atomic mass is 10.1. The van der Waals surface area contributed by atoms with E-state index in [1.54, 1.807) is 37.1 Å². The van der Waals surface area contributed by atoms with Gasteiger partial charge in [0.15, 0.2) is 0 Å². The summed E-state index contributed by atoms with van der Waals surface area (Å²) in [6.07, 6.45) is 0. The summed E-state index contributed by atoms with van der Waals surface area (Å²) in [5.41, 5.74) is 4.42. The number of hydrogen-bond acceptors (Lipinski definition) is 3. The number of amides is 2. The van der Waals surface area contributed by atoms with Gasteiger partial charge in [0.1, 0.15) is 0 Å². The van der Waals surface area contributed by atoms with Crippen molar-refractivity contribution in [3.8, 4) is 0 Å². The van der Waals surface area contributed by atoms with E-state index >= 15 is 0 Å². The molecule has 0 aliphatic heterocycles. The molecule has 2 rings (SSSR count). The zero-order chi connectivity index (χ0) is 21.0. The highest BCUT2D eigenvalue weighted by molar-refractivity contribution is 6.35. The van der Waals surface area contributed by atoms with E-state index in [1.807, 2.05) is 32.9 Å². The quantitative estimate of drug-likeness (QED) is 0.702. The van der Waals surface area contributed by atoms with E-state index in [1.165, 1.54) is 0 Å². The third-order valence-corrected chi connectivity index (χ3v) is 5.13. The van der Waals surface area contributed by atoms with E-state index < -0.39 is 6.04 Å². The van der Waals surface area contributed by atoms with Gasteiger partial charge < -0.3 is 10.6 Å². The molecular formula is C21H25Cl2N3O2. The van der Waals surface area contributed by atoms with Crippen molar-refractivity contribution < 1.29 is 9.59 Å². The highest BCUT2D eigenvalue weighted by Gasteiger charge is 2.21. The average molecular weight is 422 g/mol. The zero-order valence-electron chi connectivity index (χ0n) is 16.7. The van der Waals surface area contributed by atoms with Crippen LogP contribution in [0.2, 0.25) is 10.0 Å². The first-order chi connectivity index (χ1) is 13.1. The number of halogens is 2. The van der Waals surface area contributed by atoms with E-state index in [4.69, 9.17) is 23.2 Å². The second kappa shape index (κ2) is 9.41. The molecule has 0 saturated heterocycles. The molecule has 0 spiro atoms. The minimum absolute atomic E-state index is 0.0740. The molecule has 1 unspecified atom stereocenters.